The minimum Gasteiger partial charge on any atom is -0.222 e. The number of hydrogen-bond acceptors (Lipinski definition) is 5. The maximum absolute atomic E-state index is 8.49. The van der Waals surface area contributed by atoms with Crippen LogP contribution in [0.5, 0.6) is 0 Å². The third-order valence-corrected chi connectivity index (χ3v) is 0.236. The third kappa shape index (κ3) is 150. The molecule has 68 valence electrons. The second-order valence-electron chi connectivity index (χ2n) is 1.03. The predicted octanol–water partition coefficient (Wildman–Crippen LogP) is -3.67. The van der Waals surface area contributed by atoms with Crippen LogP contribution in [-0.4, -0.2) is 0 Å². The van der Waals surface area contributed by atoms with E-state index >= 15 is 0 Å². The molecule has 0 aliphatic carbocycles. The van der Waals surface area contributed by atoms with Crippen LogP contribution >= 0.6 is 0 Å². The van der Waals surface area contributed by atoms with Crippen LogP contribution in [0.25, 0.3) is 0 Å². The second-order valence-corrected chi connectivity index (χ2v) is 1.78. The molecular weight excluding hydrogens is 269 g/mol. The molecule has 0 aromatic rings. The fourth-order valence-corrected chi connectivity index (χ4v) is 0.0645. The first-order valence-electron chi connectivity index (χ1n) is 2.01. The third-order valence-electron chi connectivity index (χ3n) is 0.236. The number of allylic oxidation sites excluding steroid dienone is 1. The molecule has 0 aromatic carbocycles. The molecular formula is C4H5AgClNO4. The van der Waals surface area contributed by atoms with Gasteiger partial charge in [-0.05, 0) is 0 Å². The molecule has 0 spiro atoms. The zero-order valence-electron chi connectivity index (χ0n) is 5.25. The summed E-state index contributed by atoms with van der Waals surface area (Å²) < 4.78 is 34.0. The second kappa shape index (κ2) is 10.1. The van der Waals surface area contributed by atoms with E-state index in [1.54, 1.807) is 6.08 Å². The van der Waals surface area contributed by atoms with Crippen molar-refractivity contribution in [1.82, 2.24) is 0 Å². The SMILES string of the molecule is C=CCC#N.[Ag+].[O-][Cl+3]([O-])([O-])[O-]. The molecule has 0 aromatic heterocycles. The molecule has 0 fully saturated rings. The minimum absolute atomic E-state index is 0. The fraction of sp³-hybridized carbons (Fsp3) is 0.250. The summed E-state index contributed by atoms with van der Waals surface area (Å²) in [6.45, 7) is 3.33. The molecule has 0 heterocycles. The van der Waals surface area contributed by atoms with E-state index in [1.165, 1.54) is 0 Å². The van der Waals surface area contributed by atoms with Gasteiger partial charge in [0.25, 0.3) is 0 Å². The van der Waals surface area contributed by atoms with Gasteiger partial charge in [0.15, 0.2) is 0 Å². The summed E-state index contributed by atoms with van der Waals surface area (Å²) >= 11 is 0. The normalized spacial score (nSPS) is 7.91. The Morgan fingerprint density at radius 1 is 1.36 bits per heavy atom. The van der Waals surface area contributed by atoms with Crippen molar-refractivity contribution >= 4 is 0 Å². The van der Waals surface area contributed by atoms with Gasteiger partial charge in [-0.15, -0.1) is 16.8 Å². The summed E-state index contributed by atoms with van der Waals surface area (Å²) in [7, 11) is -4.94. The van der Waals surface area contributed by atoms with Crippen LogP contribution in [-0.2, 0) is 22.4 Å². The molecule has 0 radical (unpaired) electrons. The van der Waals surface area contributed by atoms with E-state index in [1.807, 2.05) is 6.07 Å². The van der Waals surface area contributed by atoms with Gasteiger partial charge in [0.1, 0.15) is 0 Å². The molecule has 0 N–H and O–H groups in total. The summed E-state index contributed by atoms with van der Waals surface area (Å²) in [5, 5.41) is 7.74. The molecule has 0 saturated carbocycles. The summed E-state index contributed by atoms with van der Waals surface area (Å²) in [5.74, 6) is 0. The summed E-state index contributed by atoms with van der Waals surface area (Å²) in [6, 6.07) is 1.90. The maximum atomic E-state index is 8.49. The number of halogens is 1. The Bertz CT molecular complexity index is 123. The number of hydrogen-bond donors (Lipinski definition) is 0. The molecule has 0 bridgehead atoms. The van der Waals surface area contributed by atoms with E-state index in [9.17, 15) is 0 Å². The van der Waals surface area contributed by atoms with E-state index in [0.717, 1.165) is 0 Å². The zero-order valence-corrected chi connectivity index (χ0v) is 7.49. The Morgan fingerprint density at radius 2 is 1.64 bits per heavy atom. The molecule has 0 aliphatic heterocycles. The van der Waals surface area contributed by atoms with Crippen molar-refractivity contribution in [3.05, 3.63) is 12.7 Å². The van der Waals surface area contributed by atoms with Gasteiger partial charge in [0, 0.05) is 0 Å². The van der Waals surface area contributed by atoms with E-state index in [0.29, 0.717) is 6.42 Å². The van der Waals surface area contributed by atoms with Crippen LogP contribution in [0, 0.1) is 21.6 Å². The van der Waals surface area contributed by atoms with Gasteiger partial charge < -0.3 is 0 Å². The average molecular weight is 274 g/mol. The summed E-state index contributed by atoms with van der Waals surface area (Å²) in [6.07, 6.45) is 2.03. The largest absolute Gasteiger partial charge is 1.00 e. The van der Waals surface area contributed by atoms with E-state index in [2.05, 4.69) is 6.58 Å². The molecule has 0 unspecified atom stereocenters. The first kappa shape index (κ1) is 17.3. The zero-order chi connectivity index (χ0) is 8.62. The molecule has 0 saturated heterocycles. The van der Waals surface area contributed by atoms with Gasteiger partial charge in [-0.2, -0.15) is 5.26 Å². The Morgan fingerprint density at radius 3 is 1.64 bits per heavy atom. The summed E-state index contributed by atoms with van der Waals surface area (Å²) in [5.41, 5.74) is 0. The molecule has 7 heteroatoms. The smallest absolute Gasteiger partial charge is 0.222 e. The molecule has 0 amide bonds. The van der Waals surface area contributed by atoms with Gasteiger partial charge in [-0.25, -0.2) is 18.6 Å². The Kier molecular flexibility index (Phi) is 15.8. The van der Waals surface area contributed by atoms with Crippen LogP contribution in [0.4, 0.5) is 0 Å². The first-order valence-corrected chi connectivity index (χ1v) is 3.25. The summed E-state index contributed by atoms with van der Waals surface area (Å²) in [4.78, 5) is 0. The molecule has 11 heavy (non-hydrogen) atoms. The van der Waals surface area contributed by atoms with Crippen LogP contribution in [0.3, 0.4) is 0 Å². The van der Waals surface area contributed by atoms with Gasteiger partial charge in [0.05, 0.1) is 12.5 Å². The fourth-order valence-electron chi connectivity index (χ4n) is 0.0645. The first-order chi connectivity index (χ1) is 4.41. The van der Waals surface area contributed by atoms with Crippen molar-refractivity contribution in [2.75, 3.05) is 0 Å². The molecule has 0 rings (SSSR count). The van der Waals surface area contributed by atoms with E-state index in [-0.39, 0.29) is 22.4 Å². The molecule has 0 aliphatic rings. The van der Waals surface area contributed by atoms with Crippen LogP contribution in [0.2, 0.25) is 0 Å². The van der Waals surface area contributed by atoms with Crippen molar-refractivity contribution < 1.29 is 51.3 Å². The minimum atomic E-state index is -4.94. The Hall–Kier alpha value is 0.100. The van der Waals surface area contributed by atoms with Gasteiger partial charge in [0.2, 0.25) is 0 Å². The number of nitrogens with zero attached hydrogens (tertiary/aromatic N) is 1. The van der Waals surface area contributed by atoms with E-state index in [4.69, 9.17) is 23.9 Å². The van der Waals surface area contributed by atoms with Crippen molar-refractivity contribution in [3.63, 3.8) is 0 Å². The Balaban J connectivity index is -0.000000107. The van der Waals surface area contributed by atoms with Crippen molar-refractivity contribution in [1.29, 1.82) is 5.26 Å². The number of rotatable bonds is 1. The standard InChI is InChI=1S/C4H5N.Ag.ClHO4/c1-2-3-4-5;;2-1(3,4)5/h2H,1,3H2;;(H,2,3,4,5)/q;+1;/p-1. The average Bonchev–Trinajstić information content (AvgIpc) is 1.63. The quantitative estimate of drug-likeness (QED) is 0.361. The van der Waals surface area contributed by atoms with Crippen molar-refractivity contribution in [3.8, 4) is 6.07 Å². The van der Waals surface area contributed by atoms with Gasteiger partial charge in [-0.1, -0.05) is 6.08 Å². The van der Waals surface area contributed by atoms with Gasteiger partial charge >= 0.3 is 22.4 Å². The van der Waals surface area contributed by atoms with Crippen LogP contribution in [0.1, 0.15) is 6.42 Å². The van der Waals surface area contributed by atoms with E-state index < -0.39 is 10.2 Å². The van der Waals surface area contributed by atoms with Gasteiger partial charge in [-0.3, -0.25) is 0 Å². The maximum Gasteiger partial charge on any atom is 1.00 e. The van der Waals surface area contributed by atoms with Crippen LogP contribution < -0.4 is 18.6 Å². The topological polar surface area (TPSA) is 116 Å². The number of nitriles is 1. The molecule has 0 atom stereocenters. The van der Waals surface area contributed by atoms with Crippen LogP contribution in [0.15, 0.2) is 12.7 Å². The van der Waals surface area contributed by atoms with Crippen molar-refractivity contribution in [2.24, 2.45) is 0 Å². The van der Waals surface area contributed by atoms with Crippen molar-refractivity contribution in [2.45, 2.75) is 6.42 Å². The molecule has 5 nitrogen and oxygen atoms in total. The predicted molar refractivity (Wildman–Crippen MR) is 20.4 cm³/mol. The monoisotopic (exact) mass is 273 g/mol. The Labute approximate surface area is 81.8 Å².